The normalized spacial score (nSPS) is 11.6. The molecule has 1 aromatic rings. The topological polar surface area (TPSA) is 69.4 Å². The zero-order valence-electron chi connectivity index (χ0n) is 6.20. The lowest BCUT2D eigenvalue weighted by molar-refractivity contribution is 0.333. The van der Waals surface area contributed by atoms with E-state index in [-0.39, 0.29) is 14.9 Å². The molecule has 0 radical (unpaired) electrons. The molecule has 1 aromatic carbocycles. The van der Waals surface area contributed by atoms with Crippen LogP contribution in [0.2, 0.25) is 10.0 Å². The highest BCUT2D eigenvalue weighted by Crippen LogP contribution is 2.29. The summed E-state index contributed by atoms with van der Waals surface area (Å²) >= 11 is 11.2. The van der Waals surface area contributed by atoms with Crippen LogP contribution in [0.3, 0.4) is 0 Å². The van der Waals surface area contributed by atoms with Crippen LogP contribution in [0.15, 0.2) is 23.1 Å². The molecule has 0 amide bonds. The molecule has 72 valence electrons. The van der Waals surface area contributed by atoms with Crippen molar-refractivity contribution < 1.29 is 12.7 Å². The van der Waals surface area contributed by atoms with E-state index in [1.807, 2.05) is 0 Å². The lowest BCUT2D eigenvalue weighted by atomic mass is 10.4. The van der Waals surface area contributed by atoms with Crippen molar-refractivity contribution >= 4 is 33.3 Å². The first-order chi connectivity index (χ1) is 5.99. The SMILES string of the molecule is NOS(=O)(=O)c1c(Cl)cccc1Cl. The Morgan fingerprint density at radius 3 is 2.08 bits per heavy atom. The van der Waals surface area contributed by atoms with Crippen LogP contribution < -0.4 is 5.90 Å². The highest BCUT2D eigenvalue weighted by atomic mass is 35.5. The standard InChI is InChI=1S/C6H5Cl2NO3S/c7-4-2-1-3-5(8)6(4)13(10,11)12-9/h1-3H,9H2. The molecule has 2 N–H and O–H groups in total. The van der Waals surface area contributed by atoms with Crippen molar-refractivity contribution in [1.82, 2.24) is 0 Å². The van der Waals surface area contributed by atoms with Crippen LogP contribution in [-0.2, 0) is 14.4 Å². The molecule has 0 aliphatic rings. The lowest BCUT2D eigenvalue weighted by Gasteiger charge is -2.04. The second-order valence-electron chi connectivity index (χ2n) is 2.10. The molecule has 0 fully saturated rings. The van der Waals surface area contributed by atoms with E-state index >= 15 is 0 Å². The predicted octanol–water partition coefficient (Wildman–Crippen LogP) is 1.57. The number of hydrogen-bond acceptors (Lipinski definition) is 4. The Morgan fingerprint density at radius 1 is 1.23 bits per heavy atom. The van der Waals surface area contributed by atoms with E-state index in [1.165, 1.54) is 18.2 Å². The maximum Gasteiger partial charge on any atom is 0.315 e. The molecule has 0 unspecified atom stereocenters. The van der Waals surface area contributed by atoms with Gasteiger partial charge in [-0.15, -0.1) is 0 Å². The first-order valence-corrected chi connectivity index (χ1v) is 5.23. The van der Waals surface area contributed by atoms with Gasteiger partial charge in [-0.25, -0.2) is 0 Å². The fourth-order valence-electron chi connectivity index (χ4n) is 0.769. The minimum atomic E-state index is -4.05. The number of rotatable bonds is 2. The van der Waals surface area contributed by atoms with Gasteiger partial charge < -0.3 is 0 Å². The molecule has 13 heavy (non-hydrogen) atoms. The molecule has 0 saturated heterocycles. The molecule has 0 aliphatic carbocycles. The van der Waals surface area contributed by atoms with E-state index in [0.29, 0.717) is 0 Å². The maximum atomic E-state index is 11.1. The third kappa shape index (κ3) is 2.12. The Bertz CT molecular complexity index is 398. The fourth-order valence-corrected chi connectivity index (χ4v) is 2.44. The second kappa shape index (κ2) is 3.81. The highest BCUT2D eigenvalue weighted by molar-refractivity contribution is 7.87. The van der Waals surface area contributed by atoms with E-state index in [2.05, 4.69) is 10.2 Å². The number of hydrogen-bond donors (Lipinski definition) is 1. The van der Waals surface area contributed by atoms with Crippen LogP contribution >= 0.6 is 23.2 Å². The highest BCUT2D eigenvalue weighted by Gasteiger charge is 2.21. The van der Waals surface area contributed by atoms with Crippen LogP contribution in [-0.4, -0.2) is 8.42 Å². The third-order valence-electron chi connectivity index (χ3n) is 1.30. The molecular weight excluding hydrogens is 237 g/mol. The summed E-state index contributed by atoms with van der Waals surface area (Å²) in [6.07, 6.45) is 0. The summed E-state index contributed by atoms with van der Waals surface area (Å²) < 4.78 is 26.0. The van der Waals surface area contributed by atoms with Gasteiger partial charge in [0.25, 0.3) is 0 Å². The van der Waals surface area contributed by atoms with Crippen LogP contribution in [0.5, 0.6) is 0 Å². The van der Waals surface area contributed by atoms with Gasteiger partial charge >= 0.3 is 10.1 Å². The molecule has 0 bridgehead atoms. The first kappa shape index (κ1) is 10.7. The number of benzene rings is 1. The molecular formula is C6H5Cl2NO3S. The Kier molecular flexibility index (Phi) is 3.15. The summed E-state index contributed by atoms with van der Waals surface area (Å²) in [5.41, 5.74) is 0. The Labute approximate surface area is 85.3 Å². The Balaban J connectivity index is 3.46. The molecule has 0 aromatic heterocycles. The molecule has 0 aliphatic heterocycles. The second-order valence-corrected chi connectivity index (χ2v) is 4.42. The first-order valence-electron chi connectivity index (χ1n) is 3.06. The summed E-state index contributed by atoms with van der Waals surface area (Å²) in [5, 5.41) is -0.0594. The van der Waals surface area contributed by atoms with Crippen molar-refractivity contribution in [2.24, 2.45) is 5.90 Å². The van der Waals surface area contributed by atoms with E-state index in [1.54, 1.807) is 0 Å². The van der Waals surface area contributed by atoms with Crippen molar-refractivity contribution in [2.45, 2.75) is 4.90 Å². The summed E-state index contributed by atoms with van der Waals surface area (Å²) in [4.78, 5) is -0.319. The van der Waals surface area contributed by atoms with Crippen LogP contribution in [0, 0.1) is 0 Å². The van der Waals surface area contributed by atoms with E-state index in [0.717, 1.165) is 0 Å². The van der Waals surface area contributed by atoms with E-state index in [4.69, 9.17) is 23.2 Å². The van der Waals surface area contributed by atoms with Gasteiger partial charge in [0.1, 0.15) is 4.90 Å². The molecule has 0 atom stereocenters. The number of halogens is 2. The van der Waals surface area contributed by atoms with Crippen molar-refractivity contribution in [3.05, 3.63) is 28.2 Å². The smallest absolute Gasteiger partial charge is 0.197 e. The van der Waals surface area contributed by atoms with Crippen LogP contribution in [0.1, 0.15) is 0 Å². The molecule has 0 spiro atoms. The molecule has 4 nitrogen and oxygen atoms in total. The average molecular weight is 242 g/mol. The van der Waals surface area contributed by atoms with Gasteiger partial charge in [0.15, 0.2) is 0 Å². The van der Waals surface area contributed by atoms with Crippen molar-refractivity contribution in [2.75, 3.05) is 0 Å². The largest absolute Gasteiger partial charge is 0.315 e. The monoisotopic (exact) mass is 241 g/mol. The lowest BCUT2D eigenvalue weighted by Crippen LogP contribution is -2.12. The molecule has 0 heterocycles. The van der Waals surface area contributed by atoms with Gasteiger partial charge in [-0.05, 0) is 12.1 Å². The quantitative estimate of drug-likeness (QED) is 0.799. The molecule has 0 saturated carbocycles. The van der Waals surface area contributed by atoms with Crippen molar-refractivity contribution in [3.63, 3.8) is 0 Å². The van der Waals surface area contributed by atoms with E-state index in [9.17, 15) is 8.42 Å². The molecule has 7 heteroatoms. The molecule has 1 rings (SSSR count). The maximum absolute atomic E-state index is 11.1. The van der Waals surface area contributed by atoms with Gasteiger partial charge in [0.2, 0.25) is 0 Å². The van der Waals surface area contributed by atoms with Gasteiger partial charge in [0.05, 0.1) is 10.0 Å². The fraction of sp³-hybridized carbons (Fsp3) is 0. The number of nitrogens with two attached hydrogens (primary N) is 1. The van der Waals surface area contributed by atoms with Gasteiger partial charge in [0, 0.05) is 0 Å². The summed E-state index contributed by atoms with van der Waals surface area (Å²) in [5.74, 6) is 4.57. The van der Waals surface area contributed by atoms with Crippen LogP contribution in [0.4, 0.5) is 0 Å². The van der Waals surface area contributed by atoms with E-state index < -0.39 is 10.1 Å². The van der Waals surface area contributed by atoms with Crippen LogP contribution in [0.25, 0.3) is 0 Å². The summed E-state index contributed by atoms with van der Waals surface area (Å²) in [6.45, 7) is 0. The minimum absolute atomic E-state index is 0.0297. The summed E-state index contributed by atoms with van der Waals surface area (Å²) in [7, 11) is -4.05. The average Bonchev–Trinajstić information content (AvgIpc) is 2.03. The summed E-state index contributed by atoms with van der Waals surface area (Å²) in [6, 6.07) is 4.26. The Morgan fingerprint density at radius 2 is 1.69 bits per heavy atom. The van der Waals surface area contributed by atoms with Gasteiger partial charge in [-0.1, -0.05) is 29.3 Å². The zero-order chi connectivity index (χ0) is 10.1. The van der Waals surface area contributed by atoms with Gasteiger partial charge in [-0.3, -0.25) is 0 Å². The zero-order valence-corrected chi connectivity index (χ0v) is 8.53. The Hall–Kier alpha value is -0.330. The predicted molar refractivity (Wildman–Crippen MR) is 48.9 cm³/mol. The van der Waals surface area contributed by atoms with Gasteiger partial charge in [-0.2, -0.15) is 18.6 Å². The van der Waals surface area contributed by atoms with Crippen molar-refractivity contribution in [3.8, 4) is 0 Å². The minimum Gasteiger partial charge on any atom is -0.197 e. The van der Waals surface area contributed by atoms with Crippen molar-refractivity contribution in [1.29, 1.82) is 0 Å². The third-order valence-corrected chi connectivity index (χ3v) is 3.34.